The summed E-state index contributed by atoms with van der Waals surface area (Å²) in [6, 6.07) is 4.02. The highest BCUT2D eigenvalue weighted by Gasteiger charge is 2.13. The van der Waals surface area contributed by atoms with Gasteiger partial charge in [0.15, 0.2) is 0 Å². The number of amides is 2. The van der Waals surface area contributed by atoms with Crippen molar-refractivity contribution >= 4 is 23.3 Å². The van der Waals surface area contributed by atoms with Crippen LogP contribution in [0.15, 0.2) is 30.0 Å². The predicted octanol–water partition coefficient (Wildman–Crippen LogP) is 4.12. The van der Waals surface area contributed by atoms with Gasteiger partial charge in [0.05, 0.1) is 5.69 Å². The molecule has 0 unspecified atom stereocenters. The second-order valence-electron chi connectivity index (χ2n) is 5.34. The van der Waals surface area contributed by atoms with E-state index in [1.54, 1.807) is 12.3 Å². The second-order valence-corrected chi connectivity index (χ2v) is 5.77. The van der Waals surface area contributed by atoms with Gasteiger partial charge in [0.1, 0.15) is 5.75 Å². The van der Waals surface area contributed by atoms with Crippen LogP contribution >= 0.6 is 11.6 Å². The molecule has 0 aliphatic heterocycles. The molecule has 104 valence electrons. The van der Waals surface area contributed by atoms with Crippen molar-refractivity contribution in [1.82, 2.24) is 5.32 Å². The number of carbonyl (C=O) groups is 1. The maximum absolute atomic E-state index is 11.7. The van der Waals surface area contributed by atoms with Crippen molar-refractivity contribution in [2.75, 3.05) is 5.32 Å². The number of phenolic OH excluding ortho intramolecular Hbond substituents is 1. The number of benzene rings is 1. The molecule has 0 saturated carbocycles. The summed E-state index contributed by atoms with van der Waals surface area (Å²) in [4.78, 5) is 11.7. The number of rotatable bonds is 2. The third-order valence-corrected chi connectivity index (χ3v) is 3.04. The molecule has 19 heavy (non-hydrogen) atoms. The Morgan fingerprint density at radius 3 is 2.58 bits per heavy atom. The van der Waals surface area contributed by atoms with Crippen LogP contribution in [0.1, 0.15) is 27.7 Å². The Balaban J connectivity index is 2.69. The SMILES string of the molecule is C/C(=C\NC(=O)Nc1cc(Cl)ccc1O)C(C)(C)C. The molecule has 5 heteroatoms. The fourth-order valence-electron chi connectivity index (χ4n) is 1.16. The Labute approximate surface area is 118 Å². The minimum Gasteiger partial charge on any atom is -0.506 e. The van der Waals surface area contributed by atoms with Gasteiger partial charge in [0, 0.05) is 11.2 Å². The van der Waals surface area contributed by atoms with Crippen LogP contribution in [0.3, 0.4) is 0 Å². The van der Waals surface area contributed by atoms with Gasteiger partial charge in [-0.3, -0.25) is 0 Å². The van der Waals surface area contributed by atoms with Crippen molar-refractivity contribution in [3.63, 3.8) is 0 Å². The average Bonchev–Trinajstić information content (AvgIpc) is 2.29. The van der Waals surface area contributed by atoms with Crippen LogP contribution in [0.4, 0.5) is 10.5 Å². The predicted molar refractivity (Wildman–Crippen MR) is 78.5 cm³/mol. The number of hydrogen-bond donors (Lipinski definition) is 3. The van der Waals surface area contributed by atoms with Gasteiger partial charge in [-0.1, -0.05) is 37.9 Å². The third-order valence-electron chi connectivity index (χ3n) is 2.81. The number of carbonyl (C=O) groups excluding carboxylic acids is 1. The van der Waals surface area contributed by atoms with E-state index in [0.717, 1.165) is 5.57 Å². The number of halogens is 1. The Bertz CT molecular complexity index is 505. The zero-order valence-electron chi connectivity index (χ0n) is 11.5. The lowest BCUT2D eigenvalue weighted by molar-refractivity contribution is 0.254. The number of anilines is 1. The molecule has 0 saturated heterocycles. The Hall–Kier alpha value is -1.68. The molecule has 2 amide bonds. The standard InChI is InChI=1S/C14H19ClN2O2/c1-9(14(2,3)4)8-16-13(19)17-11-7-10(15)5-6-12(11)18/h5-8,18H,1-4H3,(H2,16,17,19)/b9-8+. The number of phenols is 1. The maximum Gasteiger partial charge on any atom is 0.323 e. The van der Waals surface area contributed by atoms with Crippen molar-refractivity contribution in [3.8, 4) is 5.75 Å². The lowest BCUT2D eigenvalue weighted by atomic mass is 9.88. The van der Waals surface area contributed by atoms with Gasteiger partial charge >= 0.3 is 6.03 Å². The quantitative estimate of drug-likeness (QED) is 0.715. The van der Waals surface area contributed by atoms with Crippen LogP contribution in [0, 0.1) is 5.41 Å². The normalized spacial score (nSPS) is 12.2. The molecule has 0 heterocycles. The summed E-state index contributed by atoms with van der Waals surface area (Å²) in [7, 11) is 0. The van der Waals surface area contributed by atoms with Crippen molar-refractivity contribution in [3.05, 3.63) is 35.0 Å². The number of aromatic hydroxyl groups is 1. The van der Waals surface area contributed by atoms with Gasteiger partial charge in [0.2, 0.25) is 0 Å². The zero-order chi connectivity index (χ0) is 14.6. The van der Waals surface area contributed by atoms with E-state index in [2.05, 4.69) is 31.4 Å². The molecule has 3 N–H and O–H groups in total. The molecule has 1 aromatic rings. The van der Waals surface area contributed by atoms with E-state index >= 15 is 0 Å². The minimum absolute atomic E-state index is 0.00846. The summed E-state index contributed by atoms with van der Waals surface area (Å²) >= 11 is 5.79. The third kappa shape index (κ3) is 4.83. The summed E-state index contributed by atoms with van der Waals surface area (Å²) < 4.78 is 0. The van der Waals surface area contributed by atoms with Crippen LogP contribution in [-0.2, 0) is 0 Å². The largest absolute Gasteiger partial charge is 0.506 e. The van der Waals surface area contributed by atoms with Crippen molar-refractivity contribution < 1.29 is 9.90 Å². The summed E-state index contributed by atoms with van der Waals surface area (Å²) in [6.07, 6.45) is 1.65. The average molecular weight is 283 g/mol. The van der Waals surface area contributed by atoms with Crippen LogP contribution in [-0.4, -0.2) is 11.1 Å². The fraction of sp³-hybridized carbons (Fsp3) is 0.357. The van der Waals surface area contributed by atoms with E-state index in [1.807, 2.05) is 6.92 Å². The molecule has 0 aromatic heterocycles. The second kappa shape index (κ2) is 5.97. The van der Waals surface area contributed by atoms with Crippen molar-refractivity contribution in [2.24, 2.45) is 5.41 Å². The minimum atomic E-state index is -0.429. The number of allylic oxidation sites excluding steroid dienone is 1. The van der Waals surface area contributed by atoms with Gasteiger partial charge in [-0.05, 0) is 30.5 Å². The van der Waals surface area contributed by atoms with E-state index in [-0.39, 0.29) is 16.9 Å². The lowest BCUT2D eigenvalue weighted by Crippen LogP contribution is -2.25. The molecule has 1 rings (SSSR count). The van der Waals surface area contributed by atoms with E-state index in [1.165, 1.54) is 12.1 Å². The highest BCUT2D eigenvalue weighted by Crippen LogP contribution is 2.26. The highest BCUT2D eigenvalue weighted by atomic mass is 35.5. The monoisotopic (exact) mass is 282 g/mol. The van der Waals surface area contributed by atoms with Crippen LogP contribution in [0.2, 0.25) is 5.02 Å². The molecular weight excluding hydrogens is 264 g/mol. The summed E-state index contributed by atoms with van der Waals surface area (Å²) in [5.74, 6) is -0.0314. The van der Waals surface area contributed by atoms with Gasteiger partial charge in [-0.25, -0.2) is 4.79 Å². The van der Waals surface area contributed by atoms with Crippen LogP contribution in [0.25, 0.3) is 0 Å². The molecule has 0 fully saturated rings. The van der Waals surface area contributed by atoms with Gasteiger partial charge in [0.25, 0.3) is 0 Å². The number of hydrogen-bond acceptors (Lipinski definition) is 2. The first-order chi connectivity index (χ1) is 8.70. The number of urea groups is 1. The van der Waals surface area contributed by atoms with Gasteiger partial charge < -0.3 is 15.7 Å². The smallest absolute Gasteiger partial charge is 0.323 e. The molecular formula is C14H19ClN2O2. The van der Waals surface area contributed by atoms with Gasteiger partial charge in [-0.15, -0.1) is 0 Å². The van der Waals surface area contributed by atoms with Crippen molar-refractivity contribution in [2.45, 2.75) is 27.7 Å². The molecule has 0 radical (unpaired) electrons. The van der Waals surface area contributed by atoms with E-state index < -0.39 is 6.03 Å². The molecule has 0 aliphatic carbocycles. The molecule has 0 aliphatic rings. The summed E-state index contributed by atoms with van der Waals surface area (Å²) in [5.41, 5.74) is 1.30. The first kappa shape index (κ1) is 15.4. The molecule has 1 aromatic carbocycles. The molecule has 0 atom stereocenters. The zero-order valence-corrected chi connectivity index (χ0v) is 12.3. The Morgan fingerprint density at radius 2 is 2.00 bits per heavy atom. The first-order valence-corrected chi connectivity index (χ1v) is 6.31. The molecule has 0 bridgehead atoms. The lowest BCUT2D eigenvalue weighted by Gasteiger charge is -2.19. The van der Waals surface area contributed by atoms with E-state index in [0.29, 0.717) is 5.02 Å². The summed E-state index contributed by atoms with van der Waals surface area (Å²) in [6.45, 7) is 8.11. The molecule has 0 spiro atoms. The maximum atomic E-state index is 11.7. The Morgan fingerprint density at radius 1 is 1.37 bits per heavy atom. The van der Waals surface area contributed by atoms with Crippen LogP contribution in [0.5, 0.6) is 5.75 Å². The topological polar surface area (TPSA) is 61.4 Å². The molecule has 4 nitrogen and oxygen atoms in total. The fourth-order valence-corrected chi connectivity index (χ4v) is 1.33. The van der Waals surface area contributed by atoms with Crippen LogP contribution < -0.4 is 10.6 Å². The Kier molecular flexibility index (Phi) is 4.84. The van der Waals surface area contributed by atoms with Gasteiger partial charge in [-0.2, -0.15) is 0 Å². The van der Waals surface area contributed by atoms with E-state index in [9.17, 15) is 9.90 Å². The number of nitrogens with one attached hydrogen (secondary N) is 2. The van der Waals surface area contributed by atoms with Crippen molar-refractivity contribution in [1.29, 1.82) is 0 Å². The highest BCUT2D eigenvalue weighted by molar-refractivity contribution is 6.31. The summed E-state index contributed by atoms with van der Waals surface area (Å²) in [5, 5.41) is 15.2. The first-order valence-electron chi connectivity index (χ1n) is 5.93. The van der Waals surface area contributed by atoms with E-state index in [4.69, 9.17) is 11.6 Å².